The lowest BCUT2D eigenvalue weighted by Gasteiger charge is -2.20. The molecule has 0 bridgehead atoms. The Labute approximate surface area is 158 Å². The summed E-state index contributed by atoms with van der Waals surface area (Å²) in [5.74, 6) is -0.915. The number of non-ortho nitro benzene ring substituents is 1. The predicted molar refractivity (Wildman–Crippen MR) is 92.7 cm³/mol. The van der Waals surface area contributed by atoms with Crippen LogP contribution in [0.15, 0.2) is 48.5 Å². The van der Waals surface area contributed by atoms with Crippen LogP contribution >= 0.6 is 0 Å². The highest BCUT2D eigenvalue weighted by Gasteiger charge is 2.39. The fourth-order valence-electron chi connectivity index (χ4n) is 2.74. The third kappa shape index (κ3) is 4.34. The zero-order valence-electron chi connectivity index (χ0n) is 14.4. The van der Waals surface area contributed by atoms with Crippen molar-refractivity contribution >= 4 is 17.7 Å². The van der Waals surface area contributed by atoms with E-state index in [9.17, 15) is 29.2 Å². The van der Waals surface area contributed by atoms with E-state index in [-0.39, 0.29) is 24.3 Å². The molecule has 1 saturated heterocycles. The lowest BCUT2D eigenvalue weighted by atomic mass is 10.2. The average Bonchev–Trinajstić information content (AvgIpc) is 3.06. The van der Waals surface area contributed by atoms with Gasteiger partial charge in [-0.2, -0.15) is 0 Å². The molecule has 9 nitrogen and oxygen atoms in total. The lowest BCUT2D eigenvalue weighted by molar-refractivity contribution is -0.384. The number of hydrogen-bond donors (Lipinski definition) is 1. The third-order valence-electron chi connectivity index (χ3n) is 4.16. The Bertz CT molecular complexity index is 886. The van der Waals surface area contributed by atoms with E-state index >= 15 is 0 Å². The van der Waals surface area contributed by atoms with E-state index in [0.717, 1.165) is 4.90 Å². The molecular weight excluding hydrogens is 375 g/mol. The highest BCUT2D eigenvalue weighted by atomic mass is 19.1. The monoisotopic (exact) mass is 390 g/mol. The number of nitrogens with zero attached hydrogens (tertiary/aromatic N) is 2. The Kier molecular flexibility index (Phi) is 5.39. The number of carboxylic acid groups (broad SMARTS) is 1. The number of benzene rings is 2. The van der Waals surface area contributed by atoms with Crippen molar-refractivity contribution < 1.29 is 33.5 Å². The van der Waals surface area contributed by atoms with Crippen LogP contribution in [-0.2, 0) is 4.74 Å². The first kappa shape index (κ1) is 19.1. The summed E-state index contributed by atoms with van der Waals surface area (Å²) in [4.78, 5) is 34.7. The van der Waals surface area contributed by atoms with Crippen molar-refractivity contribution in [2.75, 3.05) is 13.1 Å². The second-order valence-electron chi connectivity index (χ2n) is 6.05. The number of ether oxygens (including phenoxy) is 2. The van der Waals surface area contributed by atoms with Gasteiger partial charge < -0.3 is 19.5 Å². The normalized spacial score (nSPS) is 18.5. The topological polar surface area (TPSA) is 119 Å². The smallest absolute Gasteiger partial charge is 0.407 e. The van der Waals surface area contributed by atoms with Crippen molar-refractivity contribution in [1.82, 2.24) is 4.90 Å². The number of hydrogen-bond acceptors (Lipinski definition) is 6. The Hall–Kier alpha value is -3.69. The lowest BCUT2D eigenvalue weighted by Crippen LogP contribution is -2.34. The maximum absolute atomic E-state index is 13.0. The molecule has 1 amide bonds. The molecule has 146 valence electrons. The van der Waals surface area contributed by atoms with Gasteiger partial charge in [-0.25, -0.2) is 14.0 Å². The van der Waals surface area contributed by atoms with Crippen LogP contribution in [0, 0.1) is 15.9 Å². The van der Waals surface area contributed by atoms with Gasteiger partial charge in [0, 0.05) is 12.1 Å². The van der Waals surface area contributed by atoms with Gasteiger partial charge in [0.05, 0.1) is 23.6 Å². The predicted octanol–water partition coefficient (Wildman–Crippen LogP) is 2.70. The van der Waals surface area contributed by atoms with Crippen LogP contribution in [0.1, 0.15) is 10.4 Å². The molecule has 0 aromatic heterocycles. The zero-order chi connectivity index (χ0) is 20.3. The molecule has 3 rings (SSSR count). The standard InChI is InChI=1S/C18H15FN2O7/c19-12-3-7-14(8-4-12)27-15-9-20(18(23)24)10-16(15)28-17(22)11-1-5-13(6-2-11)21(25)26/h1-8,15-16H,9-10H2,(H,23,24). The number of amides is 1. The number of nitro groups is 1. The summed E-state index contributed by atoms with van der Waals surface area (Å²) in [5, 5.41) is 19.9. The van der Waals surface area contributed by atoms with E-state index in [1.807, 2.05) is 0 Å². The summed E-state index contributed by atoms with van der Waals surface area (Å²) in [5.41, 5.74) is -0.0908. The van der Waals surface area contributed by atoms with Crippen molar-refractivity contribution in [2.24, 2.45) is 0 Å². The molecule has 2 aromatic rings. The number of carbonyl (C=O) groups is 2. The number of halogens is 1. The van der Waals surface area contributed by atoms with Gasteiger partial charge in [0.2, 0.25) is 0 Å². The van der Waals surface area contributed by atoms with E-state index in [0.29, 0.717) is 5.75 Å². The van der Waals surface area contributed by atoms with E-state index in [4.69, 9.17) is 9.47 Å². The highest BCUT2D eigenvalue weighted by Crippen LogP contribution is 2.23. The Morgan fingerprint density at radius 1 is 1.07 bits per heavy atom. The van der Waals surface area contributed by atoms with Crippen molar-refractivity contribution in [2.45, 2.75) is 12.2 Å². The fraction of sp³-hybridized carbons (Fsp3) is 0.222. The molecule has 1 fully saturated rings. The van der Waals surface area contributed by atoms with Gasteiger partial charge in [-0.05, 0) is 36.4 Å². The van der Waals surface area contributed by atoms with E-state index in [2.05, 4.69) is 0 Å². The van der Waals surface area contributed by atoms with Gasteiger partial charge in [0.25, 0.3) is 5.69 Å². The molecular formula is C18H15FN2O7. The van der Waals surface area contributed by atoms with Gasteiger partial charge in [-0.1, -0.05) is 0 Å². The summed E-state index contributed by atoms with van der Waals surface area (Å²) in [6.07, 6.45) is -2.88. The summed E-state index contributed by atoms with van der Waals surface area (Å²) in [7, 11) is 0. The number of nitro benzene ring substituents is 1. The van der Waals surface area contributed by atoms with Crippen molar-refractivity contribution in [3.05, 3.63) is 70.0 Å². The molecule has 0 saturated carbocycles. The molecule has 10 heteroatoms. The number of carbonyl (C=O) groups excluding carboxylic acids is 1. The van der Waals surface area contributed by atoms with E-state index < -0.39 is 35.0 Å². The molecule has 0 spiro atoms. The number of rotatable bonds is 5. The maximum atomic E-state index is 13.0. The SMILES string of the molecule is O=C(OC1CN(C(=O)O)CC1Oc1ccc(F)cc1)c1ccc([N+](=O)[O-])cc1. The Morgan fingerprint density at radius 3 is 2.25 bits per heavy atom. The van der Waals surface area contributed by atoms with E-state index in [1.165, 1.54) is 48.5 Å². The van der Waals surface area contributed by atoms with E-state index in [1.54, 1.807) is 0 Å². The molecule has 1 N–H and O–H groups in total. The minimum atomic E-state index is -1.19. The van der Waals surface area contributed by atoms with Gasteiger partial charge in [-0.15, -0.1) is 0 Å². The van der Waals surface area contributed by atoms with Gasteiger partial charge in [0.15, 0.2) is 12.2 Å². The van der Waals surface area contributed by atoms with Gasteiger partial charge >= 0.3 is 12.1 Å². The molecule has 1 heterocycles. The average molecular weight is 390 g/mol. The second kappa shape index (κ2) is 7.91. The molecule has 0 radical (unpaired) electrons. The molecule has 2 aromatic carbocycles. The maximum Gasteiger partial charge on any atom is 0.407 e. The summed E-state index contributed by atoms with van der Waals surface area (Å²) in [6, 6.07) is 9.99. The van der Waals surface area contributed by atoms with Crippen LogP contribution in [0.5, 0.6) is 5.75 Å². The number of likely N-dealkylation sites (tertiary alicyclic amines) is 1. The molecule has 2 unspecified atom stereocenters. The van der Waals surface area contributed by atoms with Crippen molar-refractivity contribution in [3.8, 4) is 5.75 Å². The first-order valence-electron chi connectivity index (χ1n) is 8.19. The first-order valence-corrected chi connectivity index (χ1v) is 8.19. The zero-order valence-corrected chi connectivity index (χ0v) is 14.4. The molecule has 28 heavy (non-hydrogen) atoms. The Morgan fingerprint density at radius 2 is 1.68 bits per heavy atom. The van der Waals surface area contributed by atoms with Crippen molar-refractivity contribution in [3.63, 3.8) is 0 Å². The van der Waals surface area contributed by atoms with Crippen LogP contribution in [0.25, 0.3) is 0 Å². The molecule has 0 aliphatic carbocycles. The van der Waals surface area contributed by atoms with Gasteiger partial charge in [0.1, 0.15) is 11.6 Å². The molecule has 2 atom stereocenters. The minimum absolute atomic E-state index is 0.0368. The van der Waals surface area contributed by atoms with Crippen LogP contribution < -0.4 is 4.74 Å². The summed E-state index contributed by atoms with van der Waals surface area (Å²) < 4.78 is 24.1. The molecule has 1 aliphatic heterocycles. The highest BCUT2D eigenvalue weighted by molar-refractivity contribution is 5.89. The van der Waals surface area contributed by atoms with Crippen LogP contribution in [0.2, 0.25) is 0 Å². The van der Waals surface area contributed by atoms with Crippen LogP contribution in [0.4, 0.5) is 14.9 Å². The van der Waals surface area contributed by atoms with Gasteiger partial charge in [-0.3, -0.25) is 10.1 Å². The largest absolute Gasteiger partial charge is 0.485 e. The van der Waals surface area contributed by atoms with Crippen molar-refractivity contribution in [1.29, 1.82) is 0 Å². The Balaban J connectivity index is 1.72. The quantitative estimate of drug-likeness (QED) is 0.473. The van der Waals surface area contributed by atoms with Crippen LogP contribution in [-0.4, -0.2) is 52.3 Å². The number of esters is 1. The molecule has 1 aliphatic rings. The fourth-order valence-corrected chi connectivity index (χ4v) is 2.74. The van der Waals surface area contributed by atoms with Crippen LogP contribution in [0.3, 0.4) is 0 Å². The third-order valence-corrected chi connectivity index (χ3v) is 4.16. The second-order valence-corrected chi connectivity index (χ2v) is 6.05. The minimum Gasteiger partial charge on any atom is -0.485 e. The summed E-state index contributed by atoms with van der Waals surface area (Å²) >= 11 is 0. The first-order chi connectivity index (χ1) is 13.3. The summed E-state index contributed by atoms with van der Waals surface area (Å²) in [6.45, 7) is -0.134.